The lowest BCUT2D eigenvalue weighted by atomic mass is 9.95. The van der Waals surface area contributed by atoms with E-state index in [-0.39, 0.29) is 0 Å². The van der Waals surface area contributed by atoms with Crippen molar-refractivity contribution in [2.75, 3.05) is 32.7 Å². The molecule has 1 unspecified atom stereocenters. The molecule has 1 rings (SSSR count). The molecule has 14 heavy (non-hydrogen) atoms. The predicted octanol–water partition coefficient (Wildman–Crippen LogP) is 1.96. The highest BCUT2D eigenvalue weighted by Gasteiger charge is 2.19. The Morgan fingerprint density at radius 1 is 1.36 bits per heavy atom. The Morgan fingerprint density at radius 2 is 2.07 bits per heavy atom. The minimum Gasteiger partial charge on any atom is -0.316 e. The number of hydrogen-bond acceptors (Lipinski definition) is 2. The van der Waals surface area contributed by atoms with E-state index in [0.717, 1.165) is 5.92 Å². The fourth-order valence-corrected chi connectivity index (χ4v) is 2.19. The Balaban J connectivity index is 2.40. The van der Waals surface area contributed by atoms with Gasteiger partial charge in [0.25, 0.3) is 0 Å². The first-order chi connectivity index (χ1) is 6.47. The van der Waals surface area contributed by atoms with Gasteiger partial charge in [-0.25, -0.2) is 0 Å². The van der Waals surface area contributed by atoms with Crippen LogP contribution < -0.4 is 5.32 Å². The van der Waals surface area contributed by atoms with Crippen molar-refractivity contribution in [2.24, 2.45) is 11.3 Å². The molecular formula is C12H26N2. The molecule has 1 aliphatic rings. The zero-order valence-corrected chi connectivity index (χ0v) is 10.3. The lowest BCUT2D eigenvalue weighted by Gasteiger charge is -2.33. The molecule has 1 N–H and O–H groups in total. The molecule has 1 heterocycles. The van der Waals surface area contributed by atoms with E-state index in [9.17, 15) is 0 Å². The van der Waals surface area contributed by atoms with Crippen LogP contribution in [0.15, 0.2) is 0 Å². The first kappa shape index (κ1) is 12.0. The van der Waals surface area contributed by atoms with Crippen LogP contribution in [0.3, 0.4) is 0 Å². The lowest BCUT2D eigenvalue weighted by Crippen LogP contribution is -2.42. The maximum atomic E-state index is 3.49. The third-order valence-corrected chi connectivity index (χ3v) is 2.59. The molecule has 0 aromatic carbocycles. The SMILES string of the molecule is CC1CNCCCN(CC(C)(C)C)C1. The minimum absolute atomic E-state index is 0.437. The van der Waals surface area contributed by atoms with Gasteiger partial charge in [0.05, 0.1) is 0 Å². The van der Waals surface area contributed by atoms with Crippen LogP contribution >= 0.6 is 0 Å². The highest BCUT2D eigenvalue weighted by atomic mass is 15.1. The van der Waals surface area contributed by atoms with E-state index < -0.39 is 0 Å². The molecular weight excluding hydrogens is 172 g/mol. The van der Waals surface area contributed by atoms with E-state index >= 15 is 0 Å². The summed E-state index contributed by atoms with van der Waals surface area (Å²) >= 11 is 0. The summed E-state index contributed by atoms with van der Waals surface area (Å²) in [5.41, 5.74) is 0.437. The third-order valence-electron chi connectivity index (χ3n) is 2.59. The van der Waals surface area contributed by atoms with Crippen molar-refractivity contribution < 1.29 is 0 Å². The molecule has 0 radical (unpaired) electrons. The summed E-state index contributed by atoms with van der Waals surface area (Å²) in [7, 11) is 0. The van der Waals surface area contributed by atoms with Crippen LogP contribution in [-0.2, 0) is 0 Å². The van der Waals surface area contributed by atoms with Crippen molar-refractivity contribution in [1.29, 1.82) is 0 Å². The Morgan fingerprint density at radius 3 is 2.71 bits per heavy atom. The molecule has 0 aromatic rings. The van der Waals surface area contributed by atoms with Gasteiger partial charge < -0.3 is 10.2 Å². The van der Waals surface area contributed by atoms with Crippen LogP contribution in [0.5, 0.6) is 0 Å². The summed E-state index contributed by atoms with van der Waals surface area (Å²) in [6, 6.07) is 0. The van der Waals surface area contributed by atoms with Gasteiger partial charge in [0.1, 0.15) is 0 Å². The van der Waals surface area contributed by atoms with Gasteiger partial charge in [-0.2, -0.15) is 0 Å². The monoisotopic (exact) mass is 198 g/mol. The first-order valence-corrected chi connectivity index (χ1v) is 5.90. The molecule has 2 heteroatoms. The molecule has 2 nitrogen and oxygen atoms in total. The number of hydrogen-bond donors (Lipinski definition) is 1. The average molecular weight is 198 g/mol. The quantitative estimate of drug-likeness (QED) is 0.693. The van der Waals surface area contributed by atoms with Crippen molar-refractivity contribution >= 4 is 0 Å². The van der Waals surface area contributed by atoms with Crippen molar-refractivity contribution in [3.63, 3.8) is 0 Å². The first-order valence-electron chi connectivity index (χ1n) is 5.90. The molecule has 0 saturated carbocycles. The van der Waals surface area contributed by atoms with Gasteiger partial charge in [0, 0.05) is 13.1 Å². The summed E-state index contributed by atoms with van der Waals surface area (Å²) in [4.78, 5) is 2.63. The molecule has 0 amide bonds. The molecule has 0 spiro atoms. The molecule has 0 bridgehead atoms. The van der Waals surface area contributed by atoms with Crippen LogP contribution in [0.2, 0.25) is 0 Å². The highest BCUT2D eigenvalue weighted by Crippen LogP contribution is 2.16. The topological polar surface area (TPSA) is 15.3 Å². The standard InChI is InChI=1S/C12H26N2/c1-11-8-13-6-5-7-14(9-11)10-12(2,3)4/h11,13H,5-10H2,1-4H3. The summed E-state index contributed by atoms with van der Waals surface area (Å²) in [5, 5.41) is 3.49. The number of nitrogens with zero attached hydrogens (tertiary/aromatic N) is 1. The van der Waals surface area contributed by atoms with E-state index in [4.69, 9.17) is 0 Å². The zero-order valence-electron chi connectivity index (χ0n) is 10.3. The average Bonchev–Trinajstić information content (AvgIpc) is 1.96. The second kappa shape index (κ2) is 5.13. The molecule has 84 valence electrons. The maximum absolute atomic E-state index is 3.49. The van der Waals surface area contributed by atoms with Crippen LogP contribution in [0, 0.1) is 11.3 Å². The van der Waals surface area contributed by atoms with Gasteiger partial charge in [-0.05, 0) is 37.4 Å². The summed E-state index contributed by atoms with van der Waals surface area (Å²) in [6.45, 7) is 15.4. The molecule has 0 aliphatic carbocycles. The smallest absolute Gasteiger partial charge is 0.00302 e. The molecule has 1 fully saturated rings. The van der Waals surface area contributed by atoms with Crippen molar-refractivity contribution in [2.45, 2.75) is 34.1 Å². The predicted molar refractivity (Wildman–Crippen MR) is 62.5 cm³/mol. The normalized spacial score (nSPS) is 27.0. The molecule has 1 atom stereocenters. The van der Waals surface area contributed by atoms with Gasteiger partial charge in [-0.15, -0.1) is 0 Å². The van der Waals surface area contributed by atoms with Crippen LogP contribution in [0.25, 0.3) is 0 Å². The van der Waals surface area contributed by atoms with Gasteiger partial charge in [-0.3, -0.25) is 0 Å². The van der Waals surface area contributed by atoms with Crippen molar-refractivity contribution in [3.8, 4) is 0 Å². The number of nitrogens with one attached hydrogen (secondary N) is 1. The highest BCUT2D eigenvalue weighted by molar-refractivity contribution is 4.74. The number of rotatable bonds is 1. The Bertz CT molecular complexity index is 160. The Hall–Kier alpha value is -0.0800. The Labute approximate surface area is 89.1 Å². The fraction of sp³-hybridized carbons (Fsp3) is 1.00. The van der Waals surface area contributed by atoms with E-state index in [1.54, 1.807) is 0 Å². The Kier molecular flexibility index (Phi) is 4.39. The third kappa shape index (κ3) is 4.97. The van der Waals surface area contributed by atoms with Gasteiger partial charge in [0.2, 0.25) is 0 Å². The van der Waals surface area contributed by atoms with Crippen molar-refractivity contribution in [3.05, 3.63) is 0 Å². The molecule has 1 saturated heterocycles. The van der Waals surface area contributed by atoms with E-state index in [0.29, 0.717) is 5.41 Å². The van der Waals surface area contributed by atoms with Gasteiger partial charge >= 0.3 is 0 Å². The zero-order chi connectivity index (χ0) is 10.6. The summed E-state index contributed by atoms with van der Waals surface area (Å²) in [6.07, 6.45) is 1.29. The van der Waals surface area contributed by atoms with E-state index in [2.05, 4.69) is 37.9 Å². The van der Waals surface area contributed by atoms with Crippen molar-refractivity contribution in [1.82, 2.24) is 10.2 Å². The van der Waals surface area contributed by atoms with Crippen LogP contribution in [0.1, 0.15) is 34.1 Å². The fourth-order valence-electron chi connectivity index (χ4n) is 2.19. The van der Waals surface area contributed by atoms with Crippen LogP contribution in [0.4, 0.5) is 0 Å². The molecule has 1 aliphatic heterocycles. The van der Waals surface area contributed by atoms with Gasteiger partial charge in [0.15, 0.2) is 0 Å². The second-order valence-corrected chi connectivity index (χ2v) is 5.96. The van der Waals surface area contributed by atoms with E-state index in [1.165, 1.54) is 39.1 Å². The van der Waals surface area contributed by atoms with Crippen LogP contribution in [-0.4, -0.2) is 37.6 Å². The van der Waals surface area contributed by atoms with E-state index in [1.807, 2.05) is 0 Å². The molecule has 0 aromatic heterocycles. The lowest BCUT2D eigenvalue weighted by molar-refractivity contribution is 0.158. The van der Waals surface area contributed by atoms with Gasteiger partial charge in [-0.1, -0.05) is 27.7 Å². The maximum Gasteiger partial charge on any atom is 0.00302 e. The largest absolute Gasteiger partial charge is 0.316 e. The second-order valence-electron chi connectivity index (χ2n) is 5.96. The summed E-state index contributed by atoms with van der Waals surface area (Å²) < 4.78 is 0. The minimum atomic E-state index is 0.437. The summed E-state index contributed by atoms with van der Waals surface area (Å²) in [5.74, 6) is 0.789.